The number of benzene rings is 2. The molecule has 2 aromatic carbocycles. The van der Waals surface area contributed by atoms with Crippen LogP contribution in [0.4, 0.5) is 5.82 Å². The molecule has 2 N–H and O–H groups in total. The lowest BCUT2D eigenvalue weighted by atomic mass is 9.87. The van der Waals surface area contributed by atoms with Gasteiger partial charge < -0.3 is 19.5 Å². The second-order valence-electron chi connectivity index (χ2n) is 8.43. The van der Waals surface area contributed by atoms with Crippen LogP contribution < -0.4 is 14.8 Å². The summed E-state index contributed by atoms with van der Waals surface area (Å²) in [6, 6.07) is 12.9. The summed E-state index contributed by atoms with van der Waals surface area (Å²) in [7, 11) is 1.32. The number of H-pyrrole nitrogens is 1. The number of hydrogen-bond donors (Lipinski definition) is 2. The fourth-order valence-corrected chi connectivity index (χ4v) is 3.12. The molecule has 8 nitrogen and oxygen atoms in total. The number of amides is 1. The number of carbonyl (C=O) groups excluding carboxylic acids is 2. The Morgan fingerprint density at radius 2 is 1.78 bits per heavy atom. The van der Waals surface area contributed by atoms with Gasteiger partial charge in [0.2, 0.25) is 0 Å². The van der Waals surface area contributed by atoms with Crippen LogP contribution in [-0.4, -0.2) is 41.9 Å². The van der Waals surface area contributed by atoms with Gasteiger partial charge in [-0.25, -0.2) is 4.79 Å². The Kier molecular flexibility index (Phi) is 7.02. The van der Waals surface area contributed by atoms with Crippen LogP contribution in [-0.2, 0) is 19.7 Å². The Hall–Kier alpha value is -3.55. The zero-order chi connectivity index (χ0) is 23.3. The van der Waals surface area contributed by atoms with Crippen LogP contribution in [0.25, 0.3) is 10.9 Å². The predicted octanol–water partition coefficient (Wildman–Crippen LogP) is 4.21. The number of ether oxygens (including phenoxy) is 3. The van der Waals surface area contributed by atoms with E-state index in [1.165, 1.54) is 12.7 Å². The third-order valence-electron chi connectivity index (χ3n) is 5.00. The number of fused-ring (bicyclic) bond motifs is 1. The van der Waals surface area contributed by atoms with Gasteiger partial charge in [-0.15, -0.1) is 0 Å². The number of nitrogens with zero attached hydrogens (tertiary/aromatic N) is 1. The highest BCUT2D eigenvalue weighted by atomic mass is 16.6. The molecule has 170 valence electrons. The molecule has 0 saturated heterocycles. The van der Waals surface area contributed by atoms with E-state index in [0.717, 1.165) is 5.52 Å². The molecule has 1 heterocycles. The van der Waals surface area contributed by atoms with Crippen molar-refractivity contribution in [2.24, 2.45) is 0 Å². The molecule has 0 fully saturated rings. The van der Waals surface area contributed by atoms with Crippen LogP contribution >= 0.6 is 0 Å². The summed E-state index contributed by atoms with van der Waals surface area (Å²) in [5.74, 6) is 0.658. The molecule has 0 bridgehead atoms. The summed E-state index contributed by atoms with van der Waals surface area (Å²) in [5, 5.41) is 10.4. The van der Waals surface area contributed by atoms with Gasteiger partial charge in [0.05, 0.1) is 12.6 Å². The molecular formula is C24H29N3O5. The molecule has 0 aliphatic carbocycles. The van der Waals surface area contributed by atoms with E-state index < -0.39 is 12.1 Å². The molecular weight excluding hydrogens is 410 g/mol. The molecule has 1 unspecified atom stereocenters. The maximum Gasteiger partial charge on any atom is 0.347 e. The van der Waals surface area contributed by atoms with Crippen LogP contribution in [0, 0.1) is 0 Å². The van der Waals surface area contributed by atoms with Crippen molar-refractivity contribution in [2.45, 2.75) is 45.6 Å². The highest BCUT2D eigenvalue weighted by molar-refractivity contribution is 6.00. The Labute approximate surface area is 187 Å². The average Bonchev–Trinajstić information content (AvgIpc) is 3.17. The minimum atomic E-state index is -0.708. The fourth-order valence-electron chi connectivity index (χ4n) is 3.12. The van der Waals surface area contributed by atoms with Gasteiger partial charge in [0.1, 0.15) is 11.5 Å². The number of carbonyl (C=O) groups is 2. The number of aromatic amines is 1. The topological polar surface area (TPSA) is 103 Å². The van der Waals surface area contributed by atoms with Gasteiger partial charge in [0, 0.05) is 5.39 Å². The van der Waals surface area contributed by atoms with Gasteiger partial charge in [-0.1, -0.05) is 39.8 Å². The molecule has 0 radical (unpaired) electrons. The summed E-state index contributed by atoms with van der Waals surface area (Å²) in [6.07, 6.45) is -0.242. The first-order valence-corrected chi connectivity index (χ1v) is 10.5. The predicted molar refractivity (Wildman–Crippen MR) is 122 cm³/mol. The monoisotopic (exact) mass is 439 g/mol. The Bertz CT molecular complexity index is 1080. The minimum Gasteiger partial charge on any atom is -0.484 e. The third-order valence-corrected chi connectivity index (χ3v) is 5.00. The molecule has 1 amide bonds. The van der Waals surface area contributed by atoms with Gasteiger partial charge in [-0.3, -0.25) is 9.89 Å². The number of rotatable bonds is 8. The maximum atomic E-state index is 12.4. The zero-order valence-electron chi connectivity index (χ0n) is 19.0. The van der Waals surface area contributed by atoms with Crippen LogP contribution in [0.1, 0.15) is 39.7 Å². The van der Waals surface area contributed by atoms with E-state index in [1.807, 2.05) is 31.2 Å². The molecule has 0 aliphatic heterocycles. The second kappa shape index (κ2) is 9.72. The van der Waals surface area contributed by atoms with E-state index in [2.05, 4.69) is 36.3 Å². The largest absolute Gasteiger partial charge is 0.484 e. The van der Waals surface area contributed by atoms with E-state index >= 15 is 0 Å². The number of aromatic nitrogens is 2. The number of anilines is 1. The normalized spacial score (nSPS) is 12.3. The highest BCUT2D eigenvalue weighted by Gasteiger charge is 2.20. The molecule has 1 atom stereocenters. The summed E-state index contributed by atoms with van der Waals surface area (Å²) in [6.45, 7) is 8.09. The van der Waals surface area contributed by atoms with Crippen LogP contribution in [0.15, 0.2) is 42.5 Å². The molecule has 3 aromatic rings. The first kappa shape index (κ1) is 23.1. The SMILES string of the molecule is CCC(Oc1ccc2[nH]nc(NC(=O)COc3ccc(C(C)(C)C)cc3)c2c1)C(=O)OC. The van der Waals surface area contributed by atoms with Crippen molar-refractivity contribution in [3.63, 3.8) is 0 Å². The number of esters is 1. The van der Waals surface area contributed by atoms with Gasteiger partial charge in [0.15, 0.2) is 18.5 Å². The first-order valence-electron chi connectivity index (χ1n) is 10.5. The van der Waals surface area contributed by atoms with E-state index in [4.69, 9.17) is 14.2 Å². The Balaban J connectivity index is 1.65. The smallest absolute Gasteiger partial charge is 0.347 e. The van der Waals surface area contributed by atoms with Gasteiger partial charge in [-0.05, 0) is 47.7 Å². The van der Waals surface area contributed by atoms with Crippen LogP contribution in [0.3, 0.4) is 0 Å². The highest BCUT2D eigenvalue weighted by Crippen LogP contribution is 2.27. The summed E-state index contributed by atoms with van der Waals surface area (Å²) >= 11 is 0. The van der Waals surface area contributed by atoms with Gasteiger partial charge >= 0.3 is 5.97 Å². The summed E-state index contributed by atoms with van der Waals surface area (Å²) in [4.78, 5) is 24.2. The molecule has 3 rings (SSSR count). The van der Waals surface area contributed by atoms with Crippen molar-refractivity contribution < 1.29 is 23.8 Å². The van der Waals surface area contributed by atoms with Crippen molar-refractivity contribution in [3.05, 3.63) is 48.0 Å². The lowest BCUT2D eigenvalue weighted by Gasteiger charge is -2.19. The molecule has 8 heteroatoms. The molecule has 0 aliphatic rings. The summed E-state index contributed by atoms with van der Waals surface area (Å²) in [5.41, 5.74) is 1.96. The molecule has 32 heavy (non-hydrogen) atoms. The zero-order valence-corrected chi connectivity index (χ0v) is 19.0. The lowest BCUT2D eigenvalue weighted by molar-refractivity contribution is -0.148. The lowest BCUT2D eigenvalue weighted by Crippen LogP contribution is -2.27. The second-order valence-corrected chi connectivity index (χ2v) is 8.43. The van der Waals surface area contributed by atoms with Crippen molar-refractivity contribution in [2.75, 3.05) is 19.0 Å². The van der Waals surface area contributed by atoms with E-state index in [-0.39, 0.29) is 17.9 Å². The van der Waals surface area contributed by atoms with E-state index in [0.29, 0.717) is 29.1 Å². The quantitative estimate of drug-likeness (QED) is 0.510. The van der Waals surface area contributed by atoms with Crippen molar-refractivity contribution in [1.82, 2.24) is 10.2 Å². The first-order chi connectivity index (χ1) is 15.2. The van der Waals surface area contributed by atoms with Crippen molar-refractivity contribution in [3.8, 4) is 11.5 Å². The standard InChI is InChI=1S/C24H29N3O5/c1-6-20(23(29)30-5)32-17-11-12-19-18(13-17)22(27-26-19)25-21(28)14-31-16-9-7-15(8-10-16)24(2,3)4/h7-13,20H,6,14H2,1-5H3,(H2,25,26,27,28). The third kappa shape index (κ3) is 5.57. The van der Waals surface area contributed by atoms with E-state index in [9.17, 15) is 9.59 Å². The summed E-state index contributed by atoms with van der Waals surface area (Å²) < 4.78 is 16.1. The van der Waals surface area contributed by atoms with Crippen molar-refractivity contribution >= 4 is 28.6 Å². The molecule has 0 saturated carbocycles. The maximum absolute atomic E-state index is 12.4. The number of nitrogens with one attached hydrogen (secondary N) is 2. The number of methoxy groups -OCH3 is 1. The van der Waals surface area contributed by atoms with E-state index in [1.54, 1.807) is 18.2 Å². The fraction of sp³-hybridized carbons (Fsp3) is 0.375. The van der Waals surface area contributed by atoms with Crippen LogP contribution in [0.2, 0.25) is 0 Å². The average molecular weight is 440 g/mol. The Morgan fingerprint density at radius 3 is 2.41 bits per heavy atom. The van der Waals surface area contributed by atoms with Crippen molar-refractivity contribution in [1.29, 1.82) is 0 Å². The number of hydrogen-bond acceptors (Lipinski definition) is 6. The Morgan fingerprint density at radius 1 is 1.09 bits per heavy atom. The minimum absolute atomic E-state index is 0.0491. The van der Waals surface area contributed by atoms with Gasteiger partial charge in [0.25, 0.3) is 5.91 Å². The van der Waals surface area contributed by atoms with Crippen LogP contribution in [0.5, 0.6) is 11.5 Å². The van der Waals surface area contributed by atoms with Gasteiger partial charge in [-0.2, -0.15) is 5.10 Å². The molecule has 1 aromatic heterocycles. The molecule has 0 spiro atoms.